The van der Waals surface area contributed by atoms with Crippen LogP contribution >= 0.6 is 11.8 Å². The van der Waals surface area contributed by atoms with Crippen molar-refractivity contribution in [1.29, 1.82) is 0 Å². The molecule has 2 aromatic heterocycles. The van der Waals surface area contributed by atoms with Gasteiger partial charge in [0.1, 0.15) is 0 Å². The van der Waals surface area contributed by atoms with Gasteiger partial charge in [-0.3, -0.25) is 14.2 Å². The first-order valence-corrected chi connectivity index (χ1v) is 11.8. The summed E-state index contributed by atoms with van der Waals surface area (Å²) in [5.41, 5.74) is 5.11. The van der Waals surface area contributed by atoms with Gasteiger partial charge in [0.25, 0.3) is 5.56 Å². The molecule has 4 aromatic rings. The Morgan fingerprint density at radius 3 is 2.50 bits per heavy atom. The maximum Gasteiger partial charge on any atom is 0.266 e. The average molecular weight is 446 g/mol. The summed E-state index contributed by atoms with van der Waals surface area (Å²) in [4.78, 5) is 31.3. The number of aryl methyl sites for hydroxylation is 2. The van der Waals surface area contributed by atoms with E-state index in [4.69, 9.17) is 4.98 Å². The van der Waals surface area contributed by atoms with Crippen LogP contribution in [0.15, 0.2) is 64.5 Å². The fourth-order valence-corrected chi connectivity index (χ4v) is 4.98. The molecule has 2 aromatic carbocycles. The number of nitrogens with zero attached hydrogens (tertiary/aromatic N) is 3. The Balaban J connectivity index is 1.74. The summed E-state index contributed by atoms with van der Waals surface area (Å²) in [6.45, 7) is 9.04. The summed E-state index contributed by atoms with van der Waals surface area (Å²) in [5, 5.41) is 1.09. The SMILES string of the molecule is CCCn1c(C)cc(C(=O)CSc2nc3ccccc3c(=O)n2-c2ccccc2C)c1C. The van der Waals surface area contributed by atoms with E-state index < -0.39 is 0 Å². The van der Waals surface area contributed by atoms with E-state index in [-0.39, 0.29) is 17.1 Å². The van der Waals surface area contributed by atoms with Gasteiger partial charge < -0.3 is 4.57 Å². The Labute approximate surface area is 192 Å². The summed E-state index contributed by atoms with van der Waals surface area (Å²) in [5.74, 6) is 0.261. The van der Waals surface area contributed by atoms with E-state index in [1.54, 1.807) is 10.6 Å². The molecule has 0 radical (unpaired) electrons. The van der Waals surface area contributed by atoms with Crippen LogP contribution in [0.25, 0.3) is 16.6 Å². The molecule has 0 atom stereocenters. The van der Waals surface area contributed by atoms with Crippen molar-refractivity contribution in [3.63, 3.8) is 0 Å². The van der Waals surface area contributed by atoms with Crippen molar-refractivity contribution in [2.45, 2.75) is 45.8 Å². The van der Waals surface area contributed by atoms with Crippen molar-refractivity contribution in [1.82, 2.24) is 14.1 Å². The topological polar surface area (TPSA) is 56.9 Å². The Bertz CT molecular complexity index is 1370. The van der Waals surface area contributed by atoms with Crippen LogP contribution in [0.5, 0.6) is 0 Å². The lowest BCUT2D eigenvalue weighted by molar-refractivity contribution is 0.102. The molecule has 6 heteroatoms. The number of fused-ring (bicyclic) bond motifs is 1. The number of rotatable bonds is 7. The van der Waals surface area contributed by atoms with Crippen LogP contribution in [0.3, 0.4) is 0 Å². The zero-order valence-electron chi connectivity index (χ0n) is 18.9. The monoisotopic (exact) mass is 445 g/mol. The first kappa shape index (κ1) is 22.1. The van der Waals surface area contributed by atoms with E-state index in [1.165, 1.54) is 11.8 Å². The highest BCUT2D eigenvalue weighted by atomic mass is 32.2. The third-order valence-electron chi connectivity index (χ3n) is 5.75. The molecule has 0 aliphatic carbocycles. The zero-order valence-corrected chi connectivity index (χ0v) is 19.7. The number of para-hydroxylation sites is 2. The first-order valence-electron chi connectivity index (χ1n) is 10.8. The highest BCUT2D eigenvalue weighted by Gasteiger charge is 2.19. The number of thioether (sulfide) groups is 1. The van der Waals surface area contributed by atoms with Gasteiger partial charge in [-0.05, 0) is 57.0 Å². The second-order valence-electron chi connectivity index (χ2n) is 7.99. The van der Waals surface area contributed by atoms with E-state index in [0.29, 0.717) is 16.1 Å². The van der Waals surface area contributed by atoms with Crippen LogP contribution in [-0.4, -0.2) is 25.7 Å². The molecule has 0 saturated carbocycles. The van der Waals surface area contributed by atoms with Crippen molar-refractivity contribution in [2.75, 3.05) is 5.75 Å². The molecule has 164 valence electrons. The van der Waals surface area contributed by atoms with Gasteiger partial charge in [0.15, 0.2) is 10.9 Å². The van der Waals surface area contributed by atoms with E-state index in [9.17, 15) is 9.59 Å². The number of benzene rings is 2. The summed E-state index contributed by atoms with van der Waals surface area (Å²) >= 11 is 1.31. The van der Waals surface area contributed by atoms with Gasteiger partial charge in [-0.2, -0.15) is 0 Å². The lowest BCUT2D eigenvalue weighted by Gasteiger charge is -2.15. The van der Waals surface area contributed by atoms with Crippen molar-refractivity contribution < 1.29 is 4.79 Å². The highest BCUT2D eigenvalue weighted by Crippen LogP contribution is 2.25. The molecule has 0 aliphatic rings. The van der Waals surface area contributed by atoms with Crippen LogP contribution < -0.4 is 5.56 Å². The molecule has 32 heavy (non-hydrogen) atoms. The molecule has 2 heterocycles. The fourth-order valence-electron chi connectivity index (χ4n) is 4.09. The predicted molar refractivity (Wildman–Crippen MR) is 131 cm³/mol. The van der Waals surface area contributed by atoms with Gasteiger partial charge >= 0.3 is 0 Å². The average Bonchev–Trinajstić information content (AvgIpc) is 3.07. The lowest BCUT2D eigenvalue weighted by atomic mass is 10.2. The second kappa shape index (κ2) is 9.17. The maximum absolute atomic E-state index is 13.4. The standard InChI is InChI=1S/C26H27N3O2S/c1-5-14-28-18(3)15-21(19(28)4)24(30)16-32-26-27-22-12-8-7-11-20(22)25(31)29(26)23-13-9-6-10-17(23)2/h6-13,15H,5,14,16H2,1-4H3. The molecule has 5 nitrogen and oxygen atoms in total. The van der Waals surface area contributed by atoms with E-state index in [0.717, 1.165) is 41.2 Å². The molecule has 0 unspecified atom stereocenters. The van der Waals surface area contributed by atoms with Gasteiger partial charge in [-0.15, -0.1) is 0 Å². The summed E-state index contributed by atoms with van der Waals surface area (Å²) in [6.07, 6.45) is 1.02. The van der Waals surface area contributed by atoms with Crippen molar-refractivity contribution in [2.24, 2.45) is 0 Å². The number of hydrogen-bond acceptors (Lipinski definition) is 4. The molecule has 0 aliphatic heterocycles. The van der Waals surface area contributed by atoms with Crippen LogP contribution in [0, 0.1) is 20.8 Å². The normalized spacial score (nSPS) is 11.2. The van der Waals surface area contributed by atoms with Crippen LogP contribution in [0.1, 0.15) is 40.7 Å². The van der Waals surface area contributed by atoms with E-state index in [1.807, 2.05) is 69.3 Å². The van der Waals surface area contributed by atoms with Crippen LogP contribution in [0.2, 0.25) is 0 Å². The fraction of sp³-hybridized carbons (Fsp3) is 0.269. The maximum atomic E-state index is 13.4. The first-order chi connectivity index (χ1) is 15.4. The molecular formula is C26H27N3O2S. The summed E-state index contributed by atoms with van der Waals surface area (Å²) < 4.78 is 3.82. The number of hydrogen-bond donors (Lipinski definition) is 0. The minimum Gasteiger partial charge on any atom is -0.348 e. The smallest absolute Gasteiger partial charge is 0.266 e. The Hall–Kier alpha value is -3.12. The number of carbonyl (C=O) groups excluding carboxylic acids is 1. The third-order valence-corrected chi connectivity index (χ3v) is 6.69. The van der Waals surface area contributed by atoms with Gasteiger partial charge in [-0.1, -0.05) is 49.0 Å². The van der Waals surface area contributed by atoms with Crippen LogP contribution in [0.4, 0.5) is 0 Å². The minimum absolute atomic E-state index is 0.0456. The molecule has 0 fully saturated rings. The predicted octanol–water partition coefficient (Wildman–Crippen LogP) is 5.50. The Kier molecular flexibility index (Phi) is 6.33. The Morgan fingerprint density at radius 2 is 1.75 bits per heavy atom. The number of aromatic nitrogens is 3. The van der Waals surface area contributed by atoms with Gasteiger partial charge in [0, 0.05) is 23.5 Å². The van der Waals surface area contributed by atoms with Crippen molar-refractivity contribution >= 4 is 28.4 Å². The van der Waals surface area contributed by atoms with E-state index >= 15 is 0 Å². The largest absolute Gasteiger partial charge is 0.348 e. The molecular weight excluding hydrogens is 418 g/mol. The highest BCUT2D eigenvalue weighted by molar-refractivity contribution is 7.99. The molecule has 0 spiro atoms. The van der Waals surface area contributed by atoms with Crippen molar-refractivity contribution in [3.05, 3.63) is 87.5 Å². The third kappa shape index (κ3) is 4.02. The van der Waals surface area contributed by atoms with Crippen LogP contribution in [-0.2, 0) is 6.54 Å². The Morgan fingerprint density at radius 1 is 1.03 bits per heavy atom. The van der Waals surface area contributed by atoms with Gasteiger partial charge in [0.2, 0.25) is 0 Å². The van der Waals surface area contributed by atoms with E-state index in [2.05, 4.69) is 11.5 Å². The van der Waals surface area contributed by atoms with Gasteiger partial charge in [-0.25, -0.2) is 4.98 Å². The quantitative estimate of drug-likeness (QED) is 0.214. The lowest BCUT2D eigenvalue weighted by Crippen LogP contribution is -2.23. The van der Waals surface area contributed by atoms with Gasteiger partial charge in [0.05, 0.1) is 22.3 Å². The molecule has 0 saturated heterocycles. The minimum atomic E-state index is -0.124. The summed E-state index contributed by atoms with van der Waals surface area (Å²) in [6, 6.07) is 17.1. The zero-order chi connectivity index (χ0) is 22.8. The van der Waals surface area contributed by atoms with Crippen molar-refractivity contribution in [3.8, 4) is 5.69 Å². The molecule has 0 bridgehead atoms. The number of Topliss-reactive ketones (excluding diaryl/α,β-unsaturated/α-hetero) is 1. The number of ketones is 1. The second-order valence-corrected chi connectivity index (χ2v) is 8.93. The summed E-state index contributed by atoms with van der Waals surface area (Å²) in [7, 11) is 0. The molecule has 0 amide bonds. The number of carbonyl (C=O) groups is 1. The molecule has 0 N–H and O–H groups in total. The molecule has 4 rings (SSSR count).